The topological polar surface area (TPSA) is 61.7 Å². The Hall–Kier alpha value is -0.160. The van der Waals surface area contributed by atoms with E-state index in [0.717, 1.165) is 12.8 Å². The second-order valence-corrected chi connectivity index (χ2v) is 3.28. The molecule has 4 heteroatoms. The van der Waals surface area contributed by atoms with Crippen molar-refractivity contribution in [1.29, 1.82) is 0 Å². The van der Waals surface area contributed by atoms with Gasteiger partial charge in [0.15, 0.2) is 0 Å². The zero-order chi connectivity index (χ0) is 10.1. The van der Waals surface area contributed by atoms with Crippen molar-refractivity contribution in [3.8, 4) is 0 Å². The molecule has 0 aliphatic carbocycles. The third kappa shape index (κ3) is 8.18. The van der Waals surface area contributed by atoms with Crippen LogP contribution >= 0.6 is 0 Å². The van der Waals surface area contributed by atoms with Crippen LogP contribution in [0.5, 0.6) is 0 Å². The minimum atomic E-state index is -0.443. The van der Waals surface area contributed by atoms with Gasteiger partial charge in [0.1, 0.15) is 0 Å². The molecule has 2 atom stereocenters. The van der Waals surface area contributed by atoms with Crippen LogP contribution in [0.15, 0.2) is 0 Å². The Morgan fingerprint density at radius 2 is 2.15 bits per heavy atom. The molecule has 4 nitrogen and oxygen atoms in total. The van der Waals surface area contributed by atoms with E-state index in [0.29, 0.717) is 19.2 Å². The first-order valence-corrected chi connectivity index (χ1v) is 4.72. The average Bonchev–Trinajstić information content (AvgIpc) is 2.12. The Bertz CT molecular complexity index is 111. The molecule has 0 aliphatic heterocycles. The van der Waals surface area contributed by atoms with E-state index in [9.17, 15) is 5.11 Å². The minimum absolute atomic E-state index is 0.229. The number of rotatable bonds is 8. The highest BCUT2D eigenvalue weighted by atomic mass is 16.5. The molecule has 0 fully saturated rings. The van der Waals surface area contributed by atoms with Crippen LogP contribution in [0.3, 0.4) is 0 Å². The fourth-order valence-corrected chi connectivity index (χ4v) is 1.09. The number of hydrogen-bond donors (Lipinski definition) is 3. The highest BCUT2D eigenvalue weighted by Gasteiger charge is 2.05. The predicted octanol–water partition coefficient (Wildman–Crippen LogP) is -0.256. The van der Waals surface area contributed by atoms with Gasteiger partial charge in [0.25, 0.3) is 0 Å². The molecule has 0 aromatic carbocycles. The van der Waals surface area contributed by atoms with E-state index in [-0.39, 0.29) is 6.61 Å². The molecule has 0 amide bonds. The summed E-state index contributed by atoms with van der Waals surface area (Å²) >= 11 is 0. The zero-order valence-electron chi connectivity index (χ0n) is 8.49. The quantitative estimate of drug-likeness (QED) is 0.495. The zero-order valence-corrected chi connectivity index (χ0v) is 8.49. The van der Waals surface area contributed by atoms with Gasteiger partial charge in [0.2, 0.25) is 0 Å². The Morgan fingerprint density at radius 1 is 1.46 bits per heavy atom. The molecule has 0 aromatic heterocycles. The highest BCUT2D eigenvalue weighted by molar-refractivity contribution is 4.64. The molecule has 2 unspecified atom stereocenters. The van der Waals surface area contributed by atoms with Crippen molar-refractivity contribution in [1.82, 2.24) is 5.32 Å². The maximum Gasteiger partial charge on any atom is 0.0897 e. The molecule has 80 valence electrons. The van der Waals surface area contributed by atoms with Crippen molar-refractivity contribution in [3.05, 3.63) is 0 Å². The number of aliphatic hydroxyl groups is 2. The maximum atomic E-state index is 9.29. The monoisotopic (exact) mass is 191 g/mol. The van der Waals surface area contributed by atoms with Crippen molar-refractivity contribution < 1.29 is 14.9 Å². The van der Waals surface area contributed by atoms with Crippen molar-refractivity contribution in [2.75, 3.05) is 26.9 Å². The fourth-order valence-electron chi connectivity index (χ4n) is 1.09. The number of nitrogens with one attached hydrogen (secondary N) is 1. The third-order valence-electron chi connectivity index (χ3n) is 1.86. The predicted molar refractivity (Wildman–Crippen MR) is 51.7 cm³/mol. The van der Waals surface area contributed by atoms with E-state index in [4.69, 9.17) is 9.84 Å². The fraction of sp³-hybridized carbons (Fsp3) is 1.00. The smallest absolute Gasteiger partial charge is 0.0897 e. The van der Waals surface area contributed by atoms with Crippen LogP contribution in [-0.2, 0) is 4.74 Å². The van der Waals surface area contributed by atoms with Gasteiger partial charge in [-0.15, -0.1) is 0 Å². The van der Waals surface area contributed by atoms with E-state index >= 15 is 0 Å². The Morgan fingerprint density at radius 3 is 2.69 bits per heavy atom. The normalized spacial score (nSPS) is 15.7. The van der Waals surface area contributed by atoms with E-state index in [2.05, 4.69) is 5.32 Å². The van der Waals surface area contributed by atoms with Crippen molar-refractivity contribution in [3.63, 3.8) is 0 Å². The highest BCUT2D eigenvalue weighted by Crippen LogP contribution is 1.95. The van der Waals surface area contributed by atoms with Crippen molar-refractivity contribution in [2.24, 2.45) is 0 Å². The van der Waals surface area contributed by atoms with Gasteiger partial charge < -0.3 is 20.3 Å². The van der Waals surface area contributed by atoms with Gasteiger partial charge in [0, 0.05) is 26.3 Å². The van der Waals surface area contributed by atoms with Gasteiger partial charge in [-0.25, -0.2) is 0 Å². The summed E-state index contributed by atoms with van der Waals surface area (Å²) in [6, 6.07) is 0.332. The van der Waals surface area contributed by atoms with Crippen LogP contribution in [0.1, 0.15) is 19.8 Å². The maximum absolute atomic E-state index is 9.29. The molecular weight excluding hydrogens is 170 g/mol. The minimum Gasteiger partial charge on any atom is -0.396 e. The summed E-state index contributed by atoms with van der Waals surface area (Å²) in [6.45, 7) is 3.17. The van der Waals surface area contributed by atoms with E-state index in [1.54, 1.807) is 7.11 Å². The summed E-state index contributed by atoms with van der Waals surface area (Å²) in [6.07, 6.45) is 1.28. The summed E-state index contributed by atoms with van der Waals surface area (Å²) in [5, 5.41) is 21.0. The van der Waals surface area contributed by atoms with Crippen LogP contribution in [0, 0.1) is 0 Å². The second kappa shape index (κ2) is 8.44. The first-order chi connectivity index (χ1) is 6.20. The first kappa shape index (κ1) is 12.8. The van der Waals surface area contributed by atoms with Crippen molar-refractivity contribution >= 4 is 0 Å². The number of methoxy groups -OCH3 is 1. The molecule has 13 heavy (non-hydrogen) atoms. The average molecular weight is 191 g/mol. The van der Waals surface area contributed by atoms with Crippen LogP contribution in [0.2, 0.25) is 0 Å². The standard InChI is InChI=1S/C9H21NO3/c1-8(4-3-5-11)10-6-9(12)7-13-2/h8-12H,3-7H2,1-2H3. The number of aliphatic hydroxyl groups excluding tert-OH is 2. The lowest BCUT2D eigenvalue weighted by Gasteiger charge is -2.16. The molecular formula is C9H21NO3. The van der Waals surface area contributed by atoms with Crippen LogP contribution in [0.4, 0.5) is 0 Å². The van der Waals surface area contributed by atoms with Crippen LogP contribution in [0.25, 0.3) is 0 Å². The van der Waals surface area contributed by atoms with Crippen LogP contribution in [-0.4, -0.2) is 49.2 Å². The number of ether oxygens (including phenoxy) is 1. The summed E-state index contributed by atoms with van der Waals surface area (Å²) < 4.78 is 4.79. The molecule has 0 saturated heterocycles. The Kier molecular flexibility index (Phi) is 8.33. The summed E-state index contributed by atoms with van der Waals surface area (Å²) in [7, 11) is 1.57. The lowest BCUT2D eigenvalue weighted by atomic mass is 10.2. The Labute approximate surface area is 79.9 Å². The van der Waals surface area contributed by atoms with Gasteiger partial charge in [-0.3, -0.25) is 0 Å². The lowest BCUT2D eigenvalue weighted by Crippen LogP contribution is -2.35. The van der Waals surface area contributed by atoms with Gasteiger partial charge in [-0.05, 0) is 19.8 Å². The first-order valence-electron chi connectivity index (χ1n) is 4.72. The molecule has 0 aliphatic rings. The van der Waals surface area contributed by atoms with Crippen LogP contribution < -0.4 is 5.32 Å². The molecule has 3 N–H and O–H groups in total. The van der Waals surface area contributed by atoms with E-state index in [1.807, 2.05) is 6.92 Å². The van der Waals surface area contributed by atoms with Crippen molar-refractivity contribution in [2.45, 2.75) is 31.9 Å². The van der Waals surface area contributed by atoms with Gasteiger partial charge in [0.05, 0.1) is 12.7 Å². The molecule has 0 bridgehead atoms. The molecule has 0 aromatic rings. The third-order valence-corrected chi connectivity index (χ3v) is 1.86. The largest absolute Gasteiger partial charge is 0.396 e. The van der Waals surface area contributed by atoms with E-state index in [1.165, 1.54) is 0 Å². The van der Waals surface area contributed by atoms with E-state index < -0.39 is 6.10 Å². The molecule has 0 heterocycles. The lowest BCUT2D eigenvalue weighted by molar-refractivity contribution is 0.0627. The SMILES string of the molecule is COCC(O)CNC(C)CCCO. The summed E-state index contributed by atoms with van der Waals surface area (Å²) in [5.74, 6) is 0. The molecule has 0 saturated carbocycles. The number of hydrogen-bond acceptors (Lipinski definition) is 4. The van der Waals surface area contributed by atoms with Gasteiger partial charge in [-0.1, -0.05) is 0 Å². The van der Waals surface area contributed by atoms with Gasteiger partial charge in [-0.2, -0.15) is 0 Å². The van der Waals surface area contributed by atoms with Gasteiger partial charge >= 0.3 is 0 Å². The molecule has 0 rings (SSSR count). The molecule has 0 spiro atoms. The molecule has 0 radical (unpaired) electrons. The second-order valence-electron chi connectivity index (χ2n) is 3.28. The summed E-state index contributed by atoms with van der Waals surface area (Å²) in [5.41, 5.74) is 0. The summed E-state index contributed by atoms with van der Waals surface area (Å²) in [4.78, 5) is 0. The Balaban J connectivity index is 3.29.